The Hall–Kier alpha value is -1.26. The van der Waals surface area contributed by atoms with Crippen LogP contribution in [0.5, 0.6) is 11.6 Å². The van der Waals surface area contributed by atoms with Crippen molar-refractivity contribution in [2.24, 2.45) is 0 Å². The lowest BCUT2D eigenvalue weighted by atomic mass is 10.2. The molecule has 0 bridgehead atoms. The zero-order valence-electron chi connectivity index (χ0n) is 10.6. The average molecular weight is 405 g/mol. The molecule has 0 radical (unpaired) electrons. The van der Waals surface area contributed by atoms with Gasteiger partial charge in [-0.25, -0.2) is 4.98 Å². The summed E-state index contributed by atoms with van der Waals surface area (Å²) in [5.74, 6) is -1.11. The molecule has 0 spiro atoms. The van der Waals surface area contributed by atoms with E-state index in [4.69, 9.17) is 9.47 Å². The van der Waals surface area contributed by atoms with Crippen molar-refractivity contribution in [3.8, 4) is 11.6 Å². The second-order valence-corrected chi connectivity index (χ2v) is 4.53. The number of alkyl halides is 3. The molecule has 112 valence electrons. The molecule has 0 aliphatic heterocycles. The molecule has 0 atom stereocenters. The van der Waals surface area contributed by atoms with Crippen molar-refractivity contribution in [1.82, 2.24) is 4.98 Å². The number of carbonyl (C=O) groups excluding carboxylic acids is 1. The summed E-state index contributed by atoms with van der Waals surface area (Å²) in [5.41, 5.74) is -0.0271. The van der Waals surface area contributed by atoms with Gasteiger partial charge in [0.05, 0.1) is 29.9 Å². The lowest BCUT2D eigenvalue weighted by Crippen LogP contribution is -2.20. The highest BCUT2D eigenvalue weighted by molar-refractivity contribution is 14.1. The van der Waals surface area contributed by atoms with Crippen LogP contribution >= 0.6 is 22.6 Å². The molecule has 1 rings (SSSR count). The second kappa shape index (κ2) is 6.95. The Bertz CT molecular complexity index is 493. The summed E-state index contributed by atoms with van der Waals surface area (Å²) >= 11 is 1.76. The Morgan fingerprint density at radius 3 is 2.60 bits per heavy atom. The van der Waals surface area contributed by atoms with Crippen molar-refractivity contribution in [2.75, 3.05) is 13.7 Å². The van der Waals surface area contributed by atoms with Gasteiger partial charge >= 0.3 is 12.3 Å². The molecular weight excluding hydrogens is 394 g/mol. The minimum Gasteiger partial charge on any atom is -0.494 e. The third-order valence-corrected chi connectivity index (χ3v) is 3.28. The topological polar surface area (TPSA) is 57.7 Å². The van der Waals surface area contributed by atoms with E-state index in [9.17, 15) is 18.0 Å². The summed E-state index contributed by atoms with van der Waals surface area (Å²) in [5, 5.41) is 0. The number of rotatable bonds is 5. The first-order valence-electron chi connectivity index (χ1n) is 5.41. The predicted octanol–water partition coefficient (Wildman–Crippen LogP) is 2.70. The summed E-state index contributed by atoms with van der Waals surface area (Å²) in [7, 11) is 1.34. The van der Waals surface area contributed by atoms with Gasteiger partial charge < -0.3 is 14.2 Å². The van der Waals surface area contributed by atoms with Gasteiger partial charge in [-0.1, -0.05) is 0 Å². The van der Waals surface area contributed by atoms with Crippen LogP contribution < -0.4 is 9.47 Å². The van der Waals surface area contributed by atoms with E-state index in [0.29, 0.717) is 3.57 Å². The fourth-order valence-electron chi connectivity index (χ4n) is 1.34. The number of carbonyl (C=O) groups is 1. The molecule has 0 aliphatic carbocycles. The van der Waals surface area contributed by atoms with Gasteiger partial charge in [0.2, 0.25) is 5.88 Å². The first kappa shape index (κ1) is 16.8. The molecule has 5 nitrogen and oxygen atoms in total. The van der Waals surface area contributed by atoms with Crippen LogP contribution in [-0.4, -0.2) is 31.0 Å². The summed E-state index contributed by atoms with van der Waals surface area (Å²) in [6.45, 7) is 1.72. The van der Waals surface area contributed by atoms with Crippen LogP contribution in [0.1, 0.15) is 12.5 Å². The minimum absolute atomic E-state index is 0.0271. The number of ether oxygens (including phenoxy) is 3. The van der Waals surface area contributed by atoms with Crippen LogP contribution in [0.15, 0.2) is 6.20 Å². The van der Waals surface area contributed by atoms with Crippen LogP contribution in [0, 0.1) is 3.57 Å². The van der Waals surface area contributed by atoms with Gasteiger partial charge in [-0.15, -0.1) is 13.2 Å². The number of nitrogens with zero attached hydrogens (tertiary/aromatic N) is 1. The minimum atomic E-state index is -4.89. The lowest BCUT2D eigenvalue weighted by Gasteiger charge is -2.15. The molecule has 0 saturated carbocycles. The third-order valence-electron chi connectivity index (χ3n) is 2.10. The van der Waals surface area contributed by atoms with Crippen molar-refractivity contribution in [2.45, 2.75) is 19.7 Å². The molecule has 0 fully saturated rings. The molecule has 1 heterocycles. The van der Waals surface area contributed by atoms with Crippen molar-refractivity contribution in [3.05, 3.63) is 15.3 Å². The van der Waals surface area contributed by atoms with Gasteiger partial charge in [0, 0.05) is 5.56 Å². The molecule has 9 heteroatoms. The van der Waals surface area contributed by atoms with Gasteiger partial charge in [-0.2, -0.15) is 0 Å². The Balaban J connectivity index is 3.16. The van der Waals surface area contributed by atoms with Crippen LogP contribution in [-0.2, 0) is 16.0 Å². The monoisotopic (exact) mass is 405 g/mol. The van der Waals surface area contributed by atoms with E-state index in [0.717, 1.165) is 6.20 Å². The van der Waals surface area contributed by atoms with Gasteiger partial charge in [0.25, 0.3) is 0 Å². The lowest BCUT2D eigenvalue weighted by molar-refractivity contribution is -0.276. The third kappa shape index (κ3) is 4.69. The number of hydrogen-bond donors (Lipinski definition) is 0. The summed E-state index contributed by atoms with van der Waals surface area (Å²) in [6.07, 6.45) is -4.19. The smallest absolute Gasteiger partial charge is 0.494 e. The first-order valence-corrected chi connectivity index (χ1v) is 6.49. The normalized spacial score (nSPS) is 11.1. The SMILES string of the molecule is CCOC(=O)Cc1c(OC(F)(F)F)ncc(OC)c1I. The first-order chi connectivity index (χ1) is 9.28. The highest BCUT2D eigenvalue weighted by Crippen LogP contribution is 2.33. The van der Waals surface area contributed by atoms with Gasteiger partial charge in [0.15, 0.2) is 5.75 Å². The fourth-order valence-corrected chi connectivity index (χ4v) is 2.12. The van der Waals surface area contributed by atoms with E-state index in [-0.39, 0.29) is 24.3 Å². The van der Waals surface area contributed by atoms with E-state index < -0.39 is 18.2 Å². The summed E-state index contributed by atoms with van der Waals surface area (Å²) < 4.78 is 50.7. The molecule has 1 aromatic heterocycles. The molecule has 0 amide bonds. The predicted molar refractivity (Wildman–Crippen MR) is 70.5 cm³/mol. The van der Waals surface area contributed by atoms with Crippen molar-refractivity contribution < 1.29 is 32.2 Å². The standard InChI is InChI=1S/C11H11F3INO4/c1-3-19-8(17)4-6-9(15)7(18-2)5-16-10(6)20-11(12,13)14/h5H,3-4H2,1-2H3. The summed E-state index contributed by atoms with van der Waals surface area (Å²) in [4.78, 5) is 15.0. The maximum atomic E-state index is 12.3. The van der Waals surface area contributed by atoms with Crippen molar-refractivity contribution >= 4 is 28.6 Å². The van der Waals surface area contributed by atoms with E-state index in [1.807, 2.05) is 0 Å². The molecule has 0 unspecified atom stereocenters. The van der Waals surface area contributed by atoms with Crippen molar-refractivity contribution in [1.29, 1.82) is 0 Å². The van der Waals surface area contributed by atoms with E-state index in [1.165, 1.54) is 7.11 Å². The largest absolute Gasteiger partial charge is 0.574 e. The zero-order valence-corrected chi connectivity index (χ0v) is 12.7. The Morgan fingerprint density at radius 2 is 2.10 bits per heavy atom. The highest BCUT2D eigenvalue weighted by atomic mass is 127. The van der Waals surface area contributed by atoms with E-state index >= 15 is 0 Å². The Labute approximate surface area is 126 Å². The average Bonchev–Trinajstić information content (AvgIpc) is 2.32. The van der Waals surface area contributed by atoms with Crippen LogP contribution in [0.3, 0.4) is 0 Å². The molecule has 0 N–H and O–H groups in total. The number of hydrogen-bond acceptors (Lipinski definition) is 5. The quantitative estimate of drug-likeness (QED) is 0.557. The van der Waals surface area contributed by atoms with Gasteiger partial charge in [-0.05, 0) is 29.5 Å². The Morgan fingerprint density at radius 1 is 1.45 bits per heavy atom. The number of aromatic nitrogens is 1. The van der Waals surface area contributed by atoms with Crippen molar-refractivity contribution in [3.63, 3.8) is 0 Å². The highest BCUT2D eigenvalue weighted by Gasteiger charge is 2.34. The van der Waals surface area contributed by atoms with Gasteiger partial charge in [-0.3, -0.25) is 4.79 Å². The maximum absolute atomic E-state index is 12.3. The van der Waals surface area contributed by atoms with E-state index in [1.54, 1.807) is 29.5 Å². The summed E-state index contributed by atoms with van der Waals surface area (Å²) in [6, 6.07) is 0. The Kier molecular flexibility index (Phi) is 5.84. The van der Waals surface area contributed by atoms with Crippen LogP contribution in [0.25, 0.3) is 0 Å². The number of methoxy groups -OCH3 is 1. The molecular formula is C11H11F3INO4. The number of esters is 1. The second-order valence-electron chi connectivity index (χ2n) is 3.45. The maximum Gasteiger partial charge on any atom is 0.574 e. The molecule has 0 saturated heterocycles. The van der Waals surface area contributed by atoms with Crippen LogP contribution in [0.2, 0.25) is 0 Å². The zero-order chi connectivity index (χ0) is 15.3. The number of pyridine rings is 1. The fraction of sp³-hybridized carbons (Fsp3) is 0.455. The number of halogens is 4. The van der Waals surface area contributed by atoms with E-state index in [2.05, 4.69) is 9.72 Å². The molecule has 0 aromatic carbocycles. The molecule has 0 aliphatic rings. The molecule has 1 aromatic rings. The van der Waals surface area contributed by atoms with Gasteiger partial charge in [0.1, 0.15) is 0 Å². The molecule has 20 heavy (non-hydrogen) atoms. The van der Waals surface area contributed by atoms with Crippen LogP contribution in [0.4, 0.5) is 13.2 Å².